The summed E-state index contributed by atoms with van der Waals surface area (Å²) in [5, 5.41) is 8.65. The number of carbonyl (C=O) groups excluding carboxylic acids is 1. The van der Waals surface area contributed by atoms with Gasteiger partial charge in [-0.1, -0.05) is 13.8 Å². The summed E-state index contributed by atoms with van der Waals surface area (Å²) >= 11 is 0. The highest BCUT2D eigenvalue weighted by molar-refractivity contribution is 5.82. The van der Waals surface area contributed by atoms with Crippen LogP contribution in [0.3, 0.4) is 0 Å². The molecular formula is C15H27N3O2. The van der Waals surface area contributed by atoms with E-state index in [0.717, 1.165) is 13.1 Å². The van der Waals surface area contributed by atoms with Crippen molar-refractivity contribution in [2.45, 2.75) is 52.4 Å². The Labute approximate surface area is 122 Å². The molecule has 3 atom stereocenters. The number of likely N-dealkylation sites (N-methyl/N-ethyl adjacent to an activating group) is 1. The largest absolute Gasteiger partial charge is 0.373 e. The maximum Gasteiger partial charge on any atom is 0.239 e. The first-order chi connectivity index (χ1) is 9.36. The van der Waals surface area contributed by atoms with Crippen molar-refractivity contribution in [3.8, 4) is 6.07 Å². The van der Waals surface area contributed by atoms with Crippen molar-refractivity contribution in [3.63, 3.8) is 0 Å². The van der Waals surface area contributed by atoms with Gasteiger partial charge in [0.1, 0.15) is 0 Å². The van der Waals surface area contributed by atoms with E-state index in [4.69, 9.17) is 10.00 Å². The van der Waals surface area contributed by atoms with Crippen molar-refractivity contribution in [3.05, 3.63) is 0 Å². The normalized spacial score (nSPS) is 25.2. The third-order valence-corrected chi connectivity index (χ3v) is 3.66. The van der Waals surface area contributed by atoms with Crippen molar-refractivity contribution in [1.29, 1.82) is 5.26 Å². The highest BCUT2D eigenvalue weighted by Gasteiger charge is 2.35. The third-order valence-electron chi connectivity index (χ3n) is 3.66. The fourth-order valence-electron chi connectivity index (χ4n) is 2.86. The van der Waals surface area contributed by atoms with E-state index in [9.17, 15) is 4.79 Å². The Bertz CT molecular complexity index is 355. The van der Waals surface area contributed by atoms with Crippen LogP contribution < -0.4 is 0 Å². The Morgan fingerprint density at radius 1 is 1.40 bits per heavy atom. The Morgan fingerprint density at radius 2 is 1.95 bits per heavy atom. The SMILES string of the molecule is CC(C)[C@H](C(=O)N(C)CCC#N)N1C[C@@H](C)O[C@@H](C)C1. The van der Waals surface area contributed by atoms with Crippen molar-refractivity contribution in [2.24, 2.45) is 5.92 Å². The third kappa shape index (κ3) is 4.46. The molecule has 0 N–H and O–H groups in total. The predicted molar refractivity (Wildman–Crippen MR) is 78.1 cm³/mol. The standard InChI is InChI=1S/C15H27N3O2/c1-11(2)14(15(19)17(5)8-6-7-16)18-9-12(3)20-13(4)10-18/h11-14H,6,8-10H2,1-5H3/t12-,13+,14-/m1/s1. The minimum Gasteiger partial charge on any atom is -0.373 e. The summed E-state index contributed by atoms with van der Waals surface area (Å²) < 4.78 is 5.74. The highest BCUT2D eigenvalue weighted by atomic mass is 16.5. The molecule has 0 aromatic heterocycles. The number of carbonyl (C=O) groups is 1. The Balaban J connectivity index is 2.77. The molecule has 0 bridgehead atoms. The second kappa shape index (κ2) is 7.61. The zero-order valence-electron chi connectivity index (χ0n) is 13.3. The number of ether oxygens (including phenoxy) is 1. The zero-order chi connectivity index (χ0) is 15.3. The van der Waals surface area contributed by atoms with Crippen molar-refractivity contribution >= 4 is 5.91 Å². The van der Waals surface area contributed by atoms with Crippen molar-refractivity contribution < 1.29 is 9.53 Å². The van der Waals surface area contributed by atoms with E-state index in [2.05, 4.69) is 24.8 Å². The van der Waals surface area contributed by atoms with Gasteiger partial charge < -0.3 is 9.64 Å². The van der Waals surface area contributed by atoms with Gasteiger partial charge in [-0.2, -0.15) is 5.26 Å². The van der Waals surface area contributed by atoms with E-state index >= 15 is 0 Å². The van der Waals surface area contributed by atoms with Gasteiger partial charge in [-0.3, -0.25) is 9.69 Å². The lowest BCUT2D eigenvalue weighted by atomic mass is 9.99. The summed E-state index contributed by atoms with van der Waals surface area (Å²) in [5.74, 6) is 0.348. The lowest BCUT2D eigenvalue weighted by Crippen LogP contribution is -2.57. The van der Waals surface area contributed by atoms with Crippen molar-refractivity contribution in [1.82, 2.24) is 9.80 Å². The number of rotatable bonds is 5. The Kier molecular flexibility index (Phi) is 6.44. The molecule has 1 aliphatic heterocycles. The molecule has 1 fully saturated rings. The molecule has 1 heterocycles. The van der Waals surface area contributed by atoms with Gasteiger partial charge >= 0.3 is 0 Å². The topological polar surface area (TPSA) is 56.6 Å². The molecule has 0 unspecified atom stereocenters. The maximum atomic E-state index is 12.6. The first-order valence-corrected chi connectivity index (χ1v) is 7.38. The smallest absolute Gasteiger partial charge is 0.239 e. The van der Waals surface area contributed by atoms with E-state index in [0.29, 0.717) is 13.0 Å². The van der Waals surface area contributed by atoms with Crippen LogP contribution in [0.2, 0.25) is 0 Å². The molecular weight excluding hydrogens is 254 g/mol. The molecule has 1 saturated heterocycles. The van der Waals surface area contributed by atoms with E-state index in [-0.39, 0.29) is 30.1 Å². The molecule has 0 aromatic carbocycles. The molecule has 0 radical (unpaired) electrons. The van der Waals surface area contributed by atoms with Gasteiger partial charge in [0.15, 0.2) is 0 Å². The number of nitriles is 1. The molecule has 1 rings (SSSR count). The zero-order valence-corrected chi connectivity index (χ0v) is 13.3. The van der Waals surface area contributed by atoms with Gasteiger partial charge in [0.05, 0.1) is 30.7 Å². The second-order valence-electron chi connectivity index (χ2n) is 6.07. The molecule has 1 aliphatic rings. The minimum atomic E-state index is -0.132. The van der Waals surface area contributed by atoms with Gasteiger partial charge in [0.25, 0.3) is 0 Å². The lowest BCUT2D eigenvalue weighted by molar-refractivity contribution is -0.144. The summed E-state index contributed by atoms with van der Waals surface area (Å²) in [5.41, 5.74) is 0. The second-order valence-corrected chi connectivity index (χ2v) is 6.07. The van der Waals surface area contributed by atoms with Gasteiger partial charge in [-0.25, -0.2) is 0 Å². The monoisotopic (exact) mass is 281 g/mol. The summed E-state index contributed by atoms with van der Waals surface area (Å²) in [6.07, 6.45) is 0.678. The fourth-order valence-corrected chi connectivity index (χ4v) is 2.86. The Hall–Kier alpha value is -1.12. The molecule has 5 nitrogen and oxygen atoms in total. The molecule has 114 valence electrons. The van der Waals surface area contributed by atoms with Crippen LogP contribution in [0, 0.1) is 17.2 Å². The number of hydrogen-bond acceptors (Lipinski definition) is 4. The molecule has 0 saturated carbocycles. The van der Waals surface area contributed by atoms with Crippen LogP contribution >= 0.6 is 0 Å². The Morgan fingerprint density at radius 3 is 2.40 bits per heavy atom. The van der Waals surface area contributed by atoms with E-state index in [1.165, 1.54) is 0 Å². The fraction of sp³-hybridized carbons (Fsp3) is 0.867. The van der Waals surface area contributed by atoms with Crippen LogP contribution in [-0.4, -0.2) is 60.6 Å². The van der Waals surface area contributed by atoms with E-state index < -0.39 is 0 Å². The van der Waals surface area contributed by atoms with Crippen LogP contribution in [0.15, 0.2) is 0 Å². The first kappa shape index (κ1) is 16.9. The van der Waals surface area contributed by atoms with E-state index in [1.807, 2.05) is 13.8 Å². The van der Waals surface area contributed by atoms with Gasteiger partial charge in [-0.05, 0) is 19.8 Å². The number of hydrogen-bond donors (Lipinski definition) is 0. The van der Waals surface area contributed by atoms with Crippen molar-refractivity contribution in [2.75, 3.05) is 26.7 Å². The molecule has 0 spiro atoms. The van der Waals surface area contributed by atoms with Gasteiger partial charge in [0.2, 0.25) is 5.91 Å². The molecule has 20 heavy (non-hydrogen) atoms. The van der Waals surface area contributed by atoms with E-state index in [1.54, 1.807) is 11.9 Å². The summed E-state index contributed by atoms with van der Waals surface area (Å²) in [6, 6.07) is 1.96. The predicted octanol–water partition coefficient (Wildman–Crippen LogP) is 1.49. The van der Waals surface area contributed by atoms with Crippen LogP contribution in [0.4, 0.5) is 0 Å². The molecule has 1 amide bonds. The number of nitrogens with zero attached hydrogens (tertiary/aromatic N) is 3. The van der Waals surface area contributed by atoms with Gasteiger partial charge in [0, 0.05) is 26.7 Å². The maximum absolute atomic E-state index is 12.6. The average molecular weight is 281 g/mol. The highest BCUT2D eigenvalue weighted by Crippen LogP contribution is 2.20. The minimum absolute atomic E-state index is 0.108. The van der Waals surface area contributed by atoms with Gasteiger partial charge in [-0.15, -0.1) is 0 Å². The molecule has 0 aromatic rings. The molecule has 5 heteroatoms. The van der Waals surface area contributed by atoms with Crippen LogP contribution in [0.25, 0.3) is 0 Å². The average Bonchev–Trinajstić information content (AvgIpc) is 2.34. The summed E-state index contributed by atoms with van der Waals surface area (Å²) in [6.45, 7) is 10.3. The van der Waals surface area contributed by atoms with Crippen LogP contribution in [0.5, 0.6) is 0 Å². The number of morpholine rings is 1. The summed E-state index contributed by atoms with van der Waals surface area (Å²) in [7, 11) is 1.78. The quantitative estimate of drug-likeness (QED) is 0.766. The first-order valence-electron chi connectivity index (χ1n) is 7.38. The lowest BCUT2D eigenvalue weighted by Gasteiger charge is -2.42. The van der Waals surface area contributed by atoms with Crippen LogP contribution in [-0.2, 0) is 9.53 Å². The van der Waals surface area contributed by atoms with Crippen LogP contribution in [0.1, 0.15) is 34.1 Å². The summed E-state index contributed by atoms with van der Waals surface area (Å²) in [4.78, 5) is 16.5. The number of amides is 1. The molecule has 0 aliphatic carbocycles.